The fraction of sp³-hybridized carbons (Fsp3) is 0.308. The van der Waals surface area contributed by atoms with Crippen LogP contribution in [-0.4, -0.2) is 31.9 Å². The Hall–Kier alpha value is -2.06. The molecule has 2 rings (SSSR count). The van der Waals surface area contributed by atoms with E-state index in [4.69, 9.17) is 10.5 Å². The summed E-state index contributed by atoms with van der Waals surface area (Å²) < 4.78 is 33.9. The zero-order valence-corrected chi connectivity index (χ0v) is 12.7. The molecule has 0 fully saturated rings. The lowest BCUT2D eigenvalue weighted by molar-refractivity contribution is 0.402. The van der Waals surface area contributed by atoms with Gasteiger partial charge in [-0.1, -0.05) is 0 Å². The van der Waals surface area contributed by atoms with E-state index >= 15 is 0 Å². The van der Waals surface area contributed by atoms with Crippen LogP contribution in [0.15, 0.2) is 35.5 Å². The molecule has 21 heavy (non-hydrogen) atoms. The van der Waals surface area contributed by atoms with Crippen molar-refractivity contribution in [3.8, 4) is 5.75 Å². The first kappa shape index (κ1) is 15.3. The van der Waals surface area contributed by atoms with E-state index < -0.39 is 10.0 Å². The average molecular weight is 310 g/mol. The number of methoxy groups -OCH3 is 1. The van der Waals surface area contributed by atoms with Gasteiger partial charge in [0.15, 0.2) is 0 Å². The van der Waals surface area contributed by atoms with Crippen molar-refractivity contribution in [3.63, 3.8) is 0 Å². The third-order valence-electron chi connectivity index (χ3n) is 2.94. The van der Waals surface area contributed by atoms with Gasteiger partial charge in [0.1, 0.15) is 10.6 Å². The molecule has 0 bridgehead atoms. The number of rotatable bonds is 6. The van der Waals surface area contributed by atoms with Gasteiger partial charge < -0.3 is 10.5 Å². The van der Waals surface area contributed by atoms with E-state index in [0.29, 0.717) is 12.1 Å². The van der Waals surface area contributed by atoms with Gasteiger partial charge in [0.25, 0.3) is 0 Å². The van der Waals surface area contributed by atoms with Crippen LogP contribution in [0.4, 0.5) is 5.69 Å². The Morgan fingerprint density at radius 2 is 2.19 bits per heavy atom. The van der Waals surface area contributed by atoms with Crippen molar-refractivity contribution in [3.05, 3.63) is 36.2 Å². The van der Waals surface area contributed by atoms with Crippen LogP contribution >= 0.6 is 0 Å². The number of nitrogens with one attached hydrogen (secondary N) is 1. The number of nitrogen functional groups attached to an aromatic ring is 1. The Kier molecular flexibility index (Phi) is 4.49. The number of nitrogens with zero attached hydrogens (tertiary/aromatic N) is 2. The van der Waals surface area contributed by atoms with Gasteiger partial charge >= 0.3 is 0 Å². The Balaban J connectivity index is 2.09. The van der Waals surface area contributed by atoms with Crippen molar-refractivity contribution >= 4 is 15.7 Å². The number of aromatic nitrogens is 2. The van der Waals surface area contributed by atoms with E-state index in [2.05, 4.69) is 9.82 Å². The summed E-state index contributed by atoms with van der Waals surface area (Å²) in [5.41, 5.74) is 6.96. The van der Waals surface area contributed by atoms with Gasteiger partial charge in [0.2, 0.25) is 10.0 Å². The van der Waals surface area contributed by atoms with Crippen molar-refractivity contribution in [2.24, 2.45) is 7.05 Å². The highest BCUT2D eigenvalue weighted by Crippen LogP contribution is 2.25. The molecule has 0 aliphatic heterocycles. The first-order valence-corrected chi connectivity index (χ1v) is 7.81. The highest BCUT2D eigenvalue weighted by Gasteiger charge is 2.19. The Bertz CT molecular complexity index is 725. The van der Waals surface area contributed by atoms with Gasteiger partial charge in [-0.25, -0.2) is 13.1 Å². The normalized spacial score (nSPS) is 11.5. The summed E-state index contributed by atoms with van der Waals surface area (Å²) >= 11 is 0. The smallest absolute Gasteiger partial charge is 0.244 e. The molecule has 3 N–H and O–H groups in total. The molecule has 1 aromatic heterocycles. The van der Waals surface area contributed by atoms with Gasteiger partial charge in [0, 0.05) is 25.5 Å². The molecule has 8 heteroatoms. The van der Waals surface area contributed by atoms with Gasteiger partial charge in [0.05, 0.1) is 13.3 Å². The minimum Gasteiger partial charge on any atom is -0.495 e. The molecule has 1 heterocycles. The number of nitrogens with two attached hydrogens (primary N) is 1. The second-order valence-corrected chi connectivity index (χ2v) is 6.32. The monoisotopic (exact) mass is 310 g/mol. The van der Waals surface area contributed by atoms with Gasteiger partial charge in [-0.2, -0.15) is 5.10 Å². The molecule has 114 valence electrons. The Labute approximate surface area is 123 Å². The van der Waals surface area contributed by atoms with Crippen molar-refractivity contribution in [1.82, 2.24) is 14.5 Å². The summed E-state index contributed by atoms with van der Waals surface area (Å²) in [6.07, 6.45) is 4.10. The molecule has 0 atom stereocenters. The number of sulfonamides is 1. The minimum atomic E-state index is -3.67. The van der Waals surface area contributed by atoms with E-state index in [-0.39, 0.29) is 17.2 Å². The molecule has 0 spiro atoms. The summed E-state index contributed by atoms with van der Waals surface area (Å²) in [6.45, 7) is 0.270. The molecule has 0 aliphatic carbocycles. The quantitative estimate of drug-likeness (QED) is 0.758. The molecule has 0 aliphatic rings. The van der Waals surface area contributed by atoms with Crippen LogP contribution < -0.4 is 15.2 Å². The lowest BCUT2D eigenvalue weighted by Crippen LogP contribution is -2.26. The van der Waals surface area contributed by atoms with Crippen LogP contribution in [0.3, 0.4) is 0 Å². The molecular weight excluding hydrogens is 292 g/mol. The molecular formula is C13H18N4O3S. The zero-order chi connectivity index (χ0) is 15.5. The standard InChI is InChI=1S/C13H18N4O3S/c1-17-9-10(8-15-17)5-6-16-21(18,19)13-7-11(14)3-4-12(13)20-2/h3-4,7-9,16H,5-6,14H2,1-2H3. The molecule has 0 radical (unpaired) electrons. The van der Waals surface area contributed by atoms with Crippen LogP contribution in [-0.2, 0) is 23.5 Å². The van der Waals surface area contributed by atoms with Crippen molar-refractivity contribution in [2.75, 3.05) is 19.4 Å². The largest absolute Gasteiger partial charge is 0.495 e. The van der Waals surface area contributed by atoms with Crippen LogP contribution in [0, 0.1) is 0 Å². The van der Waals surface area contributed by atoms with Crippen LogP contribution in [0.5, 0.6) is 5.75 Å². The Morgan fingerprint density at radius 3 is 2.81 bits per heavy atom. The zero-order valence-electron chi connectivity index (χ0n) is 11.9. The van der Waals surface area contributed by atoms with E-state index in [1.165, 1.54) is 19.2 Å². The minimum absolute atomic E-state index is 0.0381. The maximum absolute atomic E-state index is 12.3. The summed E-state index contributed by atoms with van der Waals surface area (Å²) in [5.74, 6) is 0.262. The average Bonchev–Trinajstić information content (AvgIpc) is 2.84. The Morgan fingerprint density at radius 1 is 1.43 bits per heavy atom. The van der Waals surface area contributed by atoms with E-state index in [1.54, 1.807) is 16.9 Å². The van der Waals surface area contributed by atoms with Gasteiger partial charge in [-0.05, 0) is 30.2 Å². The molecule has 7 nitrogen and oxygen atoms in total. The topological polar surface area (TPSA) is 99.2 Å². The maximum atomic E-state index is 12.3. The molecule has 1 aromatic carbocycles. The predicted octanol–water partition coefficient (Wildman–Crippen LogP) is 0.532. The number of anilines is 1. The van der Waals surface area contributed by atoms with E-state index in [0.717, 1.165) is 5.56 Å². The molecule has 0 saturated carbocycles. The lowest BCUT2D eigenvalue weighted by Gasteiger charge is -2.11. The van der Waals surface area contributed by atoms with Crippen molar-refractivity contribution in [1.29, 1.82) is 0 Å². The summed E-state index contributed by atoms with van der Waals surface area (Å²) in [7, 11) is -0.443. The van der Waals surface area contributed by atoms with Crippen LogP contribution in [0.1, 0.15) is 5.56 Å². The number of ether oxygens (including phenoxy) is 1. The van der Waals surface area contributed by atoms with E-state index in [9.17, 15) is 8.42 Å². The molecule has 0 unspecified atom stereocenters. The van der Waals surface area contributed by atoms with Crippen molar-refractivity contribution < 1.29 is 13.2 Å². The summed E-state index contributed by atoms with van der Waals surface area (Å²) in [4.78, 5) is 0.0381. The van der Waals surface area contributed by atoms with Crippen LogP contribution in [0.2, 0.25) is 0 Å². The molecule has 2 aromatic rings. The number of hydrogen-bond donors (Lipinski definition) is 2. The second kappa shape index (κ2) is 6.15. The third kappa shape index (κ3) is 3.73. The van der Waals surface area contributed by atoms with Gasteiger partial charge in [-0.15, -0.1) is 0 Å². The summed E-state index contributed by atoms with van der Waals surface area (Å²) in [5, 5.41) is 4.03. The lowest BCUT2D eigenvalue weighted by atomic mass is 10.3. The number of hydrogen-bond acceptors (Lipinski definition) is 5. The molecule has 0 saturated heterocycles. The number of aryl methyl sites for hydroxylation is 1. The third-order valence-corrected chi connectivity index (χ3v) is 4.42. The molecule has 0 amide bonds. The van der Waals surface area contributed by atoms with Crippen LogP contribution in [0.25, 0.3) is 0 Å². The fourth-order valence-electron chi connectivity index (χ4n) is 1.91. The first-order valence-electron chi connectivity index (χ1n) is 6.33. The van der Waals surface area contributed by atoms with Crippen molar-refractivity contribution in [2.45, 2.75) is 11.3 Å². The fourth-order valence-corrected chi connectivity index (χ4v) is 3.15. The summed E-state index contributed by atoms with van der Waals surface area (Å²) in [6, 6.07) is 4.50. The maximum Gasteiger partial charge on any atom is 0.244 e. The highest BCUT2D eigenvalue weighted by molar-refractivity contribution is 7.89. The second-order valence-electron chi connectivity index (χ2n) is 4.58. The number of benzene rings is 1. The predicted molar refractivity (Wildman–Crippen MR) is 79.5 cm³/mol. The van der Waals surface area contributed by atoms with E-state index in [1.807, 2.05) is 13.2 Å². The van der Waals surface area contributed by atoms with Gasteiger partial charge in [-0.3, -0.25) is 4.68 Å². The SMILES string of the molecule is COc1ccc(N)cc1S(=O)(=O)NCCc1cnn(C)c1. The highest BCUT2D eigenvalue weighted by atomic mass is 32.2. The first-order chi connectivity index (χ1) is 9.92.